The van der Waals surface area contributed by atoms with Gasteiger partial charge < -0.3 is 5.32 Å². The van der Waals surface area contributed by atoms with Crippen LogP contribution in [0, 0.1) is 19.7 Å². The minimum atomic E-state index is -0.224. The molecule has 0 spiro atoms. The van der Waals surface area contributed by atoms with Gasteiger partial charge in [-0.25, -0.2) is 4.39 Å². The Morgan fingerprint density at radius 3 is 2.81 bits per heavy atom. The van der Waals surface area contributed by atoms with Crippen LogP contribution in [0.15, 0.2) is 6.07 Å². The van der Waals surface area contributed by atoms with Crippen LogP contribution in [-0.2, 0) is 0 Å². The Kier molecular flexibility index (Phi) is 3.50. The molecule has 16 heavy (non-hydrogen) atoms. The number of hydrogen-bond acceptors (Lipinski definition) is 1. The van der Waals surface area contributed by atoms with Crippen LogP contribution in [0.25, 0.3) is 0 Å². The lowest BCUT2D eigenvalue weighted by Crippen LogP contribution is -2.29. The molecule has 0 amide bonds. The van der Waals surface area contributed by atoms with Crippen molar-refractivity contribution < 1.29 is 4.39 Å². The van der Waals surface area contributed by atoms with Crippen molar-refractivity contribution in [2.45, 2.75) is 32.6 Å². The number of rotatable bonds is 1. The van der Waals surface area contributed by atoms with E-state index in [2.05, 4.69) is 5.32 Å². The summed E-state index contributed by atoms with van der Waals surface area (Å²) in [7, 11) is 0. The summed E-state index contributed by atoms with van der Waals surface area (Å²) in [5, 5.41) is 3.57. The SMILES string of the molecule is Cc1cc(Cl)c(F)c(C2CCCNC2)c1C. The van der Waals surface area contributed by atoms with E-state index in [4.69, 9.17) is 11.6 Å². The fourth-order valence-corrected chi connectivity index (χ4v) is 2.72. The third-order valence-corrected chi connectivity index (χ3v) is 3.77. The van der Waals surface area contributed by atoms with Crippen molar-refractivity contribution in [2.75, 3.05) is 13.1 Å². The zero-order valence-corrected chi connectivity index (χ0v) is 10.5. The first-order valence-corrected chi connectivity index (χ1v) is 6.15. The van der Waals surface area contributed by atoms with Crippen LogP contribution in [0.4, 0.5) is 4.39 Å². The van der Waals surface area contributed by atoms with Crippen molar-refractivity contribution in [3.05, 3.63) is 33.6 Å². The van der Waals surface area contributed by atoms with Gasteiger partial charge in [-0.05, 0) is 61.9 Å². The molecule has 2 rings (SSSR count). The fourth-order valence-electron chi connectivity index (χ4n) is 2.45. The molecule has 1 aliphatic heterocycles. The van der Waals surface area contributed by atoms with Crippen LogP contribution in [0.1, 0.15) is 35.4 Å². The standard InChI is InChI=1S/C13H17ClFN/c1-8-6-11(14)13(15)12(9(8)2)10-4-3-5-16-7-10/h6,10,16H,3-5,7H2,1-2H3. The lowest BCUT2D eigenvalue weighted by molar-refractivity contribution is 0.444. The predicted molar refractivity (Wildman–Crippen MR) is 65.7 cm³/mol. The number of nitrogens with one attached hydrogen (secondary N) is 1. The first-order valence-electron chi connectivity index (χ1n) is 5.77. The molecule has 1 atom stereocenters. The van der Waals surface area contributed by atoms with Gasteiger partial charge in [0.2, 0.25) is 0 Å². The Bertz CT molecular complexity index is 371. The van der Waals surface area contributed by atoms with Crippen molar-refractivity contribution in [1.29, 1.82) is 0 Å². The van der Waals surface area contributed by atoms with E-state index >= 15 is 0 Å². The molecule has 1 unspecified atom stereocenters. The summed E-state index contributed by atoms with van der Waals surface area (Å²) in [5.74, 6) is 0.0459. The third-order valence-electron chi connectivity index (χ3n) is 3.49. The van der Waals surface area contributed by atoms with Gasteiger partial charge >= 0.3 is 0 Å². The summed E-state index contributed by atoms with van der Waals surface area (Å²) >= 11 is 5.91. The van der Waals surface area contributed by atoms with E-state index in [9.17, 15) is 4.39 Å². The van der Waals surface area contributed by atoms with E-state index in [0.717, 1.165) is 42.6 Å². The van der Waals surface area contributed by atoms with E-state index in [0.29, 0.717) is 0 Å². The van der Waals surface area contributed by atoms with E-state index < -0.39 is 0 Å². The largest absolute Gasteiger partial charge is 0.316 e. The summed E-state index contributed by atoms with van der Waals surface area (Å²) in [5.41, 5.74) is 2.94. The van der Waals surface area contributed by atoms with Gasteiger partial charge in [-0.2, -0.15) is 0 Å². The summed E-state index contributed by atoms with van der Waals surface area (Å²) in [6, 6.07) is 1.71. The maximum absolute atomic E-state index is 14.1. The number of aryl methyl sites for hydroxylation is 1. The van der Waals surface area contributed by atoms with Crippen molar-refractivity contribution in [1.82, 2.24) is 5.32 Å². The molecule has 1 saturated heterocycles. The number of benzene rings is 1. The topological polar surface area (TPSA) is 12.0 Å². The summed E-state index contributed by atoms with van der Waals surface area (Å²) in [6.07, 6.45) is 2.15. The maximum Gasteiger partial charge on any atom is 0.145 e. The molecule has 1 aliphatic rings. The smallest absolute Gasteiger partial charge is 0.145 e. The molecular formula is C13H17ClFN. The zero-order valence-electron chi connectivity index (χ0n) is 9.74. The molecular weight excluding hydrogens is 225 g/mol. The van der Waals surface area contributed by atoms with E-state index in [1.165, 1.54) is 0 Å². The van der Waals surface area contributed by atoms with Gasteiger partial charge in [0.1, 0.15) is 5.82 Å². The highest BCUT2D eigenvalue weighted by molar-refractivity contribution is 6.30. The lowest BCUT2D eigenvalue weighted by Gasteiger charge is -2.26. The summed E-state index contributed by atoms with van der Waals surface area (Å²) in [6.45, 7) is 5.87. The molecule has 0 saturated carbocycles. The molecule has 1 aromatic carbocycles. The Hall–Kier alpha value is -0.600. The second-order valence-electron chi connectivity index (χ2n) is 4.57. The van der Waals surface area contributed by atoms with Gasteiger partial charge in [-0.3, -0.25) is 0 Å². The van der Waals surface area contributed by atoms with Crippen LogP contribution in [-0.4, -0.2) is 13.1 Å². The highest BCUT2D eigenvalue weighted by atomic mass is 35.5. The van der Waals surface area contributed by atoms with Crippen LogP contribution in [0.3, 0.4) is 0 Å². The third kappa shape index (κ3) is 2.09. The van der Waals surface area contributed by atoms with E-state index in [-0.39, 0.29) is 16.8 Å². The molecule has 1 heterocycles. The highest BCUT2D eigenvalue weighted by Gasteiger charge is 2.23. The molecule has 1 fully saturated rings. The molecule has 0 radical (unpaired) electrons. The molecule has 0 bridgehead atoms. The maximum atomic E-state index is 14.1. The van der Waals surface area contributed by atoms with Crippen molar-refractivity contribution >= 4 is 11.6 Å². The first-order chi connectivity index (χ1) is 7.61. The predicted octanol–water partition coefficient (Wildman–Crippen LogP) is 3.56. The Balaban J connectivity index is 2.45. The van der Waals surface area contributed by atoms with Gasteiger partial charge in [0.15, 0.2) is 0 Å². The molecule has 88 valence electrons. The normalized spacial score (nSPS) is 21.1. The minimum Gasteiger partial charge on any atom is -0.316 e. The number of piperidine rings is 1. The van der Waals surface area contributed by atoms with Crippen molar-refractivity contribution in [2.24, 2.45) is 0 Å². The molecule has 0 aromatic heterocycles. The van der Waals surface area contributed by atoms with Crippen molar-refractivity contribution in [3.63, 3.8) is 0 Å². The first kappa shape index (κ1) is 11.9. The minimum absolute atomic E-state index is 0.224. The van der Waals surface area contributed by atoms with Gasteiger partial charge in [-0.1, -0.05) is 11.6 Å². The molecule has 0 aliphatic carbocycles. The second-order valence-corrected chi connectivity index (χ2v) is 4.98. The Labute approximate surface area is 101 Å². The van der Waals surface area contributed by atoms with Gasteiger partial charge in [0, 0.05) is 6.54 Å². The van der Waals surface area contributed by atoms with Crippen LogP contribution >= 0.6 is 11.6 Å². The zero-order chi connectivity index (χ0) is 11.7. The van der Waals surface area contributed by atoms with E-state index in [1.807, 2.05) is 13.8 Å². The van der Waals surface area contributed by atoms with Crippen LogP contribution < -0.4 is 5.32 Å². The van der Waals surface area contributed by atoms with Gasteiger partial charge in [0.25, 0.3) is 0 Å². The molecule has 1 aromatic rings. The quantitative estimate of drug-likeness (QED) is 0.793. The van der Waals surface area contributed by atoms with Crippen LogP contribution in [0.5, 0.6) is 0 Å². The molecule has 1 nitrogen and oxygen atoms in total. The van der Waals surface area contributed by atoms with Gasteiger partial charge in [0.05, 0.1) is 5.02 Å². The summed E-state index contributed by atoms with van der Waals surface area (Å²) < 4.78 is 14.1. The van der Waals surface area contributed by atoms with E-state index in [1.54, 1.807) is 6.07 Å². The average Bonchev–Trinajstić information content (AvgIpc) is 2.28. The summed E-state index contributed by atoms with van der Waals surface area (Å²) in [4.78, 5) is 0. The van der Waals surface area contributed by atoms with Crippen LogP contribution in [0.2, 0.25) is 5.02 Å². The molecule has 3 heteroatoms. The number of halogens is 2. The monoisotopic (exact) mass is 241 g/mol. The van der Waals surface area contributed by atoms with Gasteiger partial charge in [-0.15, -0.1) is 0 Å². The molecule has 1 N–H and O–H groups in total. The second kappa shape index (κ2) is 4.72. The Morgan fingerprint density at radius 2 is 2.19 bits per heavy atom. The Morgan fingerprint density at radius 1 is 1.44 bits per heavy atom. The highest BCUT2D eigenvalue weighted by Crippen LogP contribution is 2.33. The lowest BCUT2D eigenvalue weighted by atomic mass is 9.87. The van der Waals surface area contributed by atoms with Crippen molar-refractivity contribution in [3.8, 4) is 0 Å². The number of hydrogen-bond donors (Lipinski definition) is 1. The fraction of sp³-hybridized carbons (Fsp3) is 0.538. The average molecular weight is 242 g/mol.